The number of para-hydroxylation sites is 1. The Hall–Kier alpha value is -3.98. The Balaban J connectivity index is 1.37. The number of esters is 1. The third-order valence-corrected chi connectivity index (χ3v) is 10.7. The molecule has 46 heavy (non-hydrogen) atoms. The Morgan fingerprint density at radius 1 is 1.24 bits per heavy atom. The topological polar surface area (TPSA) is 162 Å². The maximum absolute atomic E-state index is 14.2. The third-order valence-electron chi connectivity index (χ3n) is 10.7. The van der Waals surface area contributed by atoms with Gasteiger partial charge < -0.3 is 25.4 Å². The van der Waals surface area contributed by atoms with E-state index >= 15 is 0 Å². The van der Waals surface area contributed by atoms with Crippen molar-refractivity contribution in [3.63, 3.8) is 0 Å². The molecule has 0 spiro atoms. The van der Waals surface area contributed by atoms with Gasteiger partial charge in [0.15, 0.2) is 6.19 Å². The lowest BCUT2D eigenvalue weighted by Gasteiger charge is -2.56. The molecule has 3 N–H and O–H groups in total. The third kappa shape index (κ3) is 6.47. The Kier molecular flexibility index (Phi) is 10.3. The van der Waals surface area contributed by atoms with Crippen LogP contribution >= 0.6 is 0 Å². The minimum absolute atomic E-state index is 0.0109. The molecule has 6 atom stereocenters. The molecule has 0 unspecified atom stereocenters. The standard InChI is InChI=1S/C34H47N7O5/c1-4-5-6-7-8-13-29(43)36-19-23-20-41(39-38-23)17-16-34(24-11-9-10-12-26(24)37-32(34)45)28-18-25-30(31(44)46-3)27(42)14-15-33(25,2)21-40(28)22-35/h9-12,20,25,27-28,30,42H,4-8,13-19,21H2,1-3H3,(H,36,43)(H,37,45)/t25-,27+,28+,30-,33+,34+/m1/s1. The molecule has 1 aromatic carbocycles. The van der Waals surface area contributed by atoms with Crippen molar-refractivity contribution in [2.75, 3.05) is 19.0 Å². The van der Waals surface area contributed by atoms with E-state index in [0.717, 1.165) is 31.2 Å². The van der Waals surface area contributed by atoms with Crippen LogP contribution in [0.4, 0.5) is 5.69 Å². The van der Waals surface area contributed by atoms with Gasteiger partial charge in [-0.2, -0.15) is 5.26 Å². The van der Waals surface area contributed by atoms with Crippen LogP contribution in [0.1, 0.15) is 89.3 Å². The number of rotatable bonds is 13. The van der Waals surface area contributed by atoms with Crippen molar-refractivity contribution in [3.8, 4) is 6.19 Å². The molecule has 1 saturated carbocycles. The van der Waals surface area contributed by atoms with Crippen molar-refractivity contribution in [1.82, 2.24) is 25.2 Å². The number of fused-ring (bicyclic) bond motifs is 2. The zero-order chi connectivity index (χ0) is 32.9. The summed E-state index contributed by atoms with van der Waals surface area (Å²) >= 11 is 0. The van der Waals surface area contributed by atoms with Gasteiger partial charge in [0.1, 0.15) is 5.69 Å². The van der Waals surface area contributed by atoms with Crippen LogP contribution < -0.4 is 10.6 Å². The van der Waals surface area contributed by atoms with Crippen LogP contribution in [0.15, 0.2) is 30.5 Å². The summed E-state index contributed by atoms with van der Waals surface area (Å²) in [6.45, 7) is 5.20. The van der Waals surface area contributed by atoms with Crippen LogP contribution in [0.25, 0.3) is 0 Å². The molecular weight excluding hydrogens is 586 g/mol. The average Bonchev–Trinajstić information content (AvgIpc) is 3.63. The summed E-state index contributed by atoms with van der Waals surface area (Å²) in [6, 6.07) is 6.97. The number of amides is 2. The predicted molar refractivity (Wildman–Crippen MR) is 170 cm³/mol. The normalized spacial score (nSPS) is 28.5. The highest BCUT2D eigenvalue weighted by Gasteiger charge is 2.61. The Bertz CT molecular complexity index is 1460. The summed E-state index contributed by atoms with van der Waals surface area (Å²) in [5.41, 5.74) is 0.569. The van der Waals surface area contributed by atoms with Gasteiger partial charge in [0.2, 0.25) is 11.8 Å². The van der Waals surface area contributed by atoms with Crippen molar-refractivity contribution in [2.24, 2.45) is 17.3 Å². The number of methoxy groups -OCH3 is 1. The number of hydrogen-bond donors (Lipinski definition) is 3. The molecule has 0 bridgehead atoms. The highest BCUT2D eigenvalue weighted by atomic mass is 16.5. The minimum Gasteiger partial charge on any atom is -0.469 e. The Morgan fingerprint density at radius 2 is 2.02 bits per heavy atom. The number of ether oxygens (including phenoxy) is 1. The van der Waals surface area contributed by atoms with E-state index in [1.54, 1.807) is 15.8 Å². The second-order valence-electron chi connectivity index (χ2n) is 13.5. The molecule has 12 nitrogen and oxygen atoms in total. The summed E-state index contributed by atoms with van der Waals surface area (Å²) in [5.74, 6) is -1.71. The van der Waals surface area contributed by atoms with Crippen LogP contribution in [0.5, 0.6) is 0 Å². The number of nitriles is 1. The van der Waals surface area contributed by atoms with Gasteiger partial charge in [0.05, 0.1) is 43.3 Å². The molecule has 3 aliphatic rings. The molecule has 12 heteroatoms. The molecule has 3 heterocycles. The lowest BCUT2D eigenvalue weighted by molar-refractivity contribution is -0.167. The van der Waals surface area contributed by atoms with Gasteiger partial charge >= 0.3 is 5.97 Å². The van der Waals surface area contributed by atoms with Crippen molar-refractivity contribution < 1.29 is 24.2 Å². The van der Waals surface area contributed by atoms with Crippen LogP contribution in [-0.4, -0.2) is 68.6 Å². The minimum atomic E-state index is -1.13. The molecule has 2 aliphatic heterocycles. The fraction of sp³-hybridized carbons (Fsp3) is 0.647. The largest absolute Gasteiger partial charge is 0.469 e. The molecule has 1 aliphatic carbocycles. The molecule has 2 fully saturated rings. The number of aliphatic hydroxyl groups is 1. The lowest BCUT2D eigenvalue weighted by Crippen LogP contribution is -2.64. The molecule has 2 amide bonds. The summed E-state index contributed by atoms with van der Waals surface area (Å²) in [7, 11) is 1.33. The van der Waals surface area contributed by atoms with Crippen LogP contribution in [0.3, 0.4) is 0 Å². The van der Waals surface area contributed by atoms with Gasteiger partial charge in [-0.15, -0.1) is 5.10 Å². The summed E-state index contributed by atoms with van der Waals surface area (Å²) in [5, 5.41) is 36.0. The smallest absolute Gasteiger partial charge is 0.311 e. The first-order chi connectivity index (χ1) is 22.2. The number of aromatic nitrogens is 3. The second kappa shape index (κ2) is 14.2. The number of aryl methyl sites for hydroxylation is 1. The number of benzene rings is 1. The second-order valence-corrected chi connectivity index (χ2v) is 13.5. The maximum atomic E-state index is 14.2. The molecule has 1 saturated heterocycles. The number of anilines is 1. The monoisotopic (exact) mass is 633 g/mol. The van der Waals surface area contributed by atoms with Crippen molar-refractivity contribution >= 4 is 23.5 Å². The van der Waals surface area contributed by atoms with Crippen molar-refractivity contribution in [3.05, 3.63) is 41.7 Å². The molecular formula is C34H47N7O5. The highest BCUT2D eigenvalue weighted by molar-refractivity contribution is 6.07. The first-order valence-corrected chi connectivity index (χ1v) is 16.7. The van der Waals surface area contributed by atoms with Crippen LogP contribution in [0.2, 0.25) is 0 Å². The number of carbonyl (C=O) groups is 3. The van der Waals surface area contributed by atoms with Crippen molar-refractivity contribution in [2.45, 2.75) is 109 Å². The maximum Gasteiger partial charge on any atom is 0.311 e. The van der Waals surface area contributed by atoms with Gasteiger partial charge in [-0.3, -0.25) is 19.1 Å². The first kappa shape index (κ1) is 33.4. The highest BCUT2D eigenvalue weighted by Crippen LogP contribution is 2.56. The van der Waals surface area contributed by atoms with E-state index in [1.807, 2.05) is 24.3 Å². The molecule has 2 aromatic rings. The number of piperidine rings is 1. The number of nitrogens with zero attached hydrogens (tertiary/aromatic N) is 5. The van der Waals surface area contributed by atoms with E-state index in [9.17, 15) is 24.8 Å². The van der Waals surface area contributed by atoms with Gasteiger partial charge in [-0.05, 0) is 55.1 Å². The van der Waals surface area contributed by atoms with Crippen molar-refractivity contribution in [1.29, 1.82) is 5.26 Å². The Morgan fingerprint density at radius 3 is 2.78 bits per heavy atom. The lowest BCUT2D eigenvalue weighted by atomic mass is 9.54. The van der Waals surface area contributed by atoms with E-state index < -0.39 is 34.9 Å². The summed E-state index contributed by atoms with van der Waals surface area (Å²) < 4.78 is 6.82. The van der Waals surface area contributed by atoms with E-state index in [4.69, 9.17) is 4.74 Å². The van der Waals surface area contributed by atoms with Crippen LogP contribution in [-0.2, 0) is 37.6 Å². The number of likely N-dealkylation sites (tertiary alicyclic amines) is 1. The molecule has 248 valence electrons. The summed E-state index contributed by atoms with van der Waals surface area (Å²) in [6.07, 6.45) is 11.0. The fourth-order valence-electron chi connectivity index (χ4n) is 8.14. The number of unbranched alkanes of at least 4 members (excludes halogenated alkanes) is 4. The molecule has 1 aromatic heterocycles. The number of hydrogen-bond acceptors (Lipinski definition) is 9. The molecule has 0 radical (unpaired) electrons. The van der Waals surface area contributed by atoms with E-state index in [-0.39, 0.29) is 24.3 Å². The SMILES string of the molecule is CCCCCCCC(=O)NCc1cn(CC[C@]2([C@@H]3C[C@@H]4[C@@H](C(=O)OC)[C@@H](O)CC[C@@]4(C)CN3C#N)C(=O)Nc3ccccc32)nn1. The first-order valence-electron chi connectivity index (χ1n) is 16.7. The molecule has 5 rings (SSSR count). The van der Waals surface area contributed by atoms with Gasteiger partial charge in [0.25, 0.3) is 0 Å². The van der Waals surface area contributed by atoms with E-state index in [2.05, 4.69) is 41.0 Å². The number of carbonyl (C=O) groups excluding carboxylic acids is 3. The quantitative estimate of drug-likeness (QED) is 0.170. The van der Waals surface area contributed by atoms with Crippen LogP contribution in [0, 0.1) is 28.7 Å². The zero-order valence-electron chi connectivity index (χ0n) is 27.2. The van der Waals surface area contributed by atoms with Gasteiger partial charge in [-0.1, -0.05) is 62.9 Å². The summed E-state index contributed by atoms with van der Waals surface area (Å²) in [4.78, 5) is 41.2. The number of nitrogens with one attached hydrogen (secondary N) is 2. The fourth-order valence-corrected chi connectivity index (χ4v) is 8.14. The zero-order valence-corrected chi connectivity index (χ0v) is 27.2. The predicted octanol–water partition coefficient (Wildman–Crippen LogP) is 3.66. The van der Waals surface area contributed by atoms with Gasteiger partial charge in [-0.25, -0.2) is 0 Å². The number of aliphatic hydroxyl groups excluding tert-OH is 1. The Labute approximate surface area is 270 Å². The van der Waals surface area contributed by atoms with E-state index in [0.29, 0.717) is 56.6 Å². The average molecular weight is 634 g/mol. The van der Waals surface area contributed by atoms with Gasteiger partial charge in [0, 0.05) is 25.2 Å². The van der Waals surface area contributed by atoms with E-state index in [1.165, 1.54) is 13.5 Å².